The third-order valence-electron chi connectivity index (χ3n) is 5.17. The van der Waals surface area contributed by atoms with Crippen molar-refractivity contribution >= 4 is 23.3 Å². The molecule has 1 aromatic rings. The molecule has 0 aromatic heterocycles. The monoisotopic (exact) mass is 344 g/mol. The fourth-order valence-corrected chi connectivity index (χ4v) is 3.78. The van der Waals surface area contributed by atoms with Gasteiger partial charge in [-0.2, -0.15) is 0 Å². The average molecular weight is 344 g/mol. The Bertz CT molecular complexity index is 650. The highest BCUT2D eigenvalue weighted by atomic mass is 16.5. The molecule has 1 atom stereocenters. The van der Waals surface area contributed by atoms with Crippen molar-refractivity contribution in [3.8, 4) is 0 Å². The smallest absolute Gasteiger partial charge is 0.329 e. The van der Waals surface area contributed by atoms with Gasteiger partial charge in [-0.1, -0.05) is 25.5 Å². The van der Waals surface area contributed by atoms with Gasteiger partial charge in [-0.3, -0.25) is 9.69 Å². The second-order valence-electron chi connectivity index (χ2n) is 7.56. The van der Waals surface area contributed by atoms with Crippen LogP contribution in [-0.2, 0) is 14.3 Å². The molecule has 1 saturated carbocycles. The van der Waals surface area contributed by atoms with E-state index in [1.807, 2.05) is 45.0 Å². The number of rotatable bonds is 4. The number of benzene rings is 1. The summed E-state index contributed by atoms with van der Waals surface area (Å²) in [5.74, 6) is -0.381. The molecule has 1 amide bonds. The number of ether oxygens (including phenoxy) is 1. The Labute approximate surface area is 149 Å². The minimum absolute atomic E-state index is 0.00317. The summed E-state index contributed by atoms with van der Waals surface area (Å²) >= 11 is 0. The van der Waals surface area contributed by atoms with Crippen molar-refractivity contribution in [2.75, 3.05) is 10.2 Å². The predicted octanol–water partition coefficient (Wildman–Crippen LogP) is 3.88. The lowest BCUT2D eigenvalue weighted by Crippen LogP contribution is -2.59. The molecular weight excluding hydrogens is 316 g/mol. The highest BCUT2D eigenvalue weighted by molar-refractivity contribution is 6.10. The summed E-state index contributed by atoms with van der Waals surface area (Å²) in [6.07, 6.45) is 5.81. The Morgan fingerprint density at radius 1 is 1.28 bits per heavy atom. The fourth-order valence-electron chi connectivity index (χ4n) is 3.78. The SMILES string of the molecule is CCC(C(=O)OC1CCCCC1)N1C(=O)C(C)(C)Nc2ccccc21. The summed E-state index contributed by atoms with van der Waals surface area (Å²) in [4.78, 5) is 27.6. The third-order valence-corrected chi connectivity index (χ3v) is 5.17. The van der Waals surface area contributed by atoms with Gasteiger partial charge >= 0.3 is 5.97 Å². The maximum Gasteiger partial charge on any atom is 0.329 e. The van der Waals surface area contributed by atoms with E-state index in [0.29, 0.717) is 6.42 Å². The van der Waals surface area contributed by atoms with E-state index in [4.69, 9.17) is 4.74 Å². The molecule has 1 aliphatic carbocycles. The van der Waals surface area contributed by atoms with Gasteiger partial charge in [0, 0.05) is 0 Å². The summed E-state index contributed by atoms with van der Waals surface area (Å²) in [5, 5.41) is 3.27. The van der Waals surface area contributed by atoms with Crippen molar-refractivity contribution in [1.82, 2.24) is 0 Å². The lowest BCUT2D eigenvalue weighted by molar-refractivity contribution is -0.153. The Balaban J connectivity index is 1.88. The number of esters is 1. The van der Waals surface area contributed by atoms with Crippen LogP contribution in [0.15, 0.2) is 24.3 Å². The molecule has 25 heavy (non-hydrogen) atoms. The Morgan fingerprint density at radius 2 is 1.96 bits per heavy atom. The van der Waals surface area contributed by atoms with E-state index >= 15 is 0 Å². The first-order valence-corrected chi connectivity index (χ1v) is 9.35. The zero-order valence-corrected chi connectivity index (χ0v) is 15.4. The highest BCUT2D eigenvalue weighted by Gasteiger charge is 2.44. The summed E-state index contributed by atoms with van der Waals surface area (Å²) < 4.78 is 5.78. The number of hydrogen-bond acceptors (Lipinski definition) is 4. The molecule has 5 nitrogen and oxygen atoms in total. The number of carbonyl (C=O) groups excluding carboxylic acids is 2. The molecule has 3 rings (SSSR count). The molecule has 0 spiro atoms. The topological polar surface area (TPSA) is 58.6 Å². The molecule has 136 valence electrons. The first kappa shape index (κ1) is 17.8. The van der Waals surface area contributed by atoms with E-state index < -0.39 is 11.6 Å². The van der Waals surface area contributed by atoms with Gasteiger partial charge in [-0.15, -0.1) is 0 Å². The molecule has 1 heterocycles. The minimum atomic E-state index is -0.757. The molecule has 1 N–H and O–H groups in total. The maximum absolute atomic E-state index is 13.1. The zero-order valence-electron chi connectivity index (χ0n) is 15.4. The molecular formula is C20H28N2O3. The Kier molecular flexibility index (Phi) is 5.02. The van der Waals surface area contributed by atoms with Crippen LogP contribution < -0.4 is 10.2 Å². The van der Waals surface area contributed by atoms with Crippen molar-refractivity contribution < 1.29 is 14.3 Å². The second kappa shape index (κ2) is 7.06. The molecule has 0 bridgehead atoms. The molecule has 1 aliphatic heterocycles. The van der Waals surface area contributed by atoms with Crippen LogP contribution in [0.25, 0.3) is 0 Å². The van der Waals surface area contributed by atoms with E-state index in [2.05, 4.69) is 5.32 Å². The van der Waals surface area contributed by atoms with Crippen LogP contribution in [0.2, 0.25) is 0 Å². The van der Waals surface area contributed by atoms with Gasteiger partial charge in [0.15, 0.2) is 0 Å². The molecule has 2 aliphatic rings. The Morgan fingerprint density at radius 3 is 2.64 bits per heavy atom. The van der Waals surface area contributed by atoms with Gasteiger partial charge in [-0.25, -0.2) is 4.79 Å². The molecule has 1 unspecified atom stereocenters. The molecule has 0 saturated heterocycles. The van der Waals surface area contributed by atoms with Crippen molar-refractivity contribution in [3.05, 3.63) is 24.3 Å². The van der Waals surface area contributed by atoms with Gasteiger partial charge in [0.2, 0.25) is 0 Å². The quantitative estimate of drug-likeness (QED) is 0.842. The fraction of sp³-hybridized carbons (Fsp3) is 0.600. The van der Waals surface area contributed by atoms with E-state index in [0.717, 1.165) is 37.1 Å². The minimum Gasteiger partial charge on any atom is -0.461 e. The van der Waals surface area contributed by atoms with E-state index in [-0.39, 0.29) is 18.0 Å². The van der Waals surface area contributed by atoms with Crippen LogP contribution >= 0.6 is 0 Å². The number of fused-ring (bicyclic) bond motifs is 1. The van der Waals surface area contributed by atoms with E-state index in [9.17, 15) is 9.59 Å². The second-order valence-corrected chi connectivity index (χ2v) is 7.56. The maximum atomic E-state index is 13.1. The molecule has 1 fully saturated rings. The van der Waals surface area contributed by atoms with E-state index in [1.165, 1.54) is 6.42 Å². The van der Waals surface area contributed by atoms with Gasteiger partial charge in [0.25, 0.3) is 5.91 Å². The summed E-state index contributed by atoms with van der Waals surface area (Å²) in [6.45, 7) is 5.62. The van der Waals surface area contributed by atoms with Crippen molar-refractivity contribution in [3.63, 3.8) is 0 Å². The predicted molar refractivity (Wildman–Crippen MR) is 98.7 cm³/mol. The molecule has 0 radical (unpaired) electrons. The number of anilines is 2. The van der Waals surface area contributed by atoms with Crippen LogP contribution in [0.5, 0.6) is 0 Å². The zero-order chi connectivity index (χ0) is 18.0. The van der Waals surface area contributed by atoms with Gasteiger partial charge < -0.3 is 10.1 Å². The molecule has 5 heteroatoms. The number of hydrogen-bond donors (Lipinski definition) is 1. The van der Waals surface area contributed by atoms with E-state index in [1.54, 1.807) is 4.90 Å². The van der Waals surface area contributed by atoms with Crippen LogP contribution in [0, 0.1) is 0 Å². The summed E-state index contributed by atoms with van der Waals surface area (Å²) in [6, 6.07) is 7.05. The van der Waals surface area contributed by atoms with Gasteiger partial charge in [0.05, 0.1) is 11.4 Å². The number of nitrogens with one attached hydrogen (secondary N) is 1. The summed E-state index contributed by atoms with van der Waals surface area (Å²) in [7, 11) is 0. The normalized spacial score (nSPS) is 21.2. The largest absolute Gasteiger partial charge is 0.461 e. The average Bonchev–Trinajstić information content (AvgIpc) is 2.59. The van der Waals surface area contributed by atoms with Crippen LogP contribution in [0.3, 0.4) is 0 Å². The Hall–Kier alpha value is -2.04. The lowest BCUT2D eigenvalue weighted by atomic mass is 9.95. The third kappa shape index (κ3) is 3.51. The number of nitrogens with zero attached hydrogens (tertiary/aromatic N) is 1. The number of carbonyl (C=O) groups is 2. The van der Waals surface area contributed by atoms with Crippen molar-refractivity contribution in [2.45, 2.75) is 77.0 Å². The van der Waals surface area contributed by atoms with Gasteiger partial charge in [0.1, 0.15) is 17.7 Å². The number of amides is 1. The van der Waals surface area contributed by atoms with Crippen LogP contribution in [-0.4, -0.2) is 29.6 Å². The lowest BCUT2D eigenvalue weighted by Gasteiger charge is -2.42. The van der Waals surface area contributed by atoms with Crippen molar-refractivity contribution in [1.29, 1.82) is 0 Å². The standard InChI is InChI=1S/C20H28N2O3/c1-4-16(18(23)25-14-10-6-5-7-11-14)22-17-13-9-8-12-15(17)21-20(2,3)19(22)24/h8-9,12-14,16,21H,4-7,10-11H2,1-3H3. The van der Waals surface area contributed by atoms with Crippen LogP contribution in [0.1, 0.15) is 59.3 Å². The van der Waals surface area contributed by atoms with Crippen molar-refractivity contribution in [2.24, 2.45) is 0 Å². The van der Waals surface area contributed by atoms with Gasteiger partial charge in [-0.05, 0) is 58.1 Å². The molecule has 1 aromatic carbocycles. The highest BCUT2D eigenvalue weighted by Crippen LogP contribution is 2.37. The number of para-hydroxylation sites is 2. The first-order chi connectivity index (χ1) is 11.9. The van der Waals surface area contributed by atoms with Crippen LogP contribution in [0.4, 0.5) is 11.4 Å². The summed E-state index contributed by atoms with van der Waals surface area (Å²) in [5.41, 5.74) is 0.864. The first-order valence-electron chi connectivity index (χ1n) is 9.35.